The van der Waals surface area contributed by atoms with Crippen LogP contribution in [0.1, 0.15) is 55.6 Å². The molecule has 0 saturated carbocycles. The zero-order valence-corrected chi connectivity index (χ0v) is 30.0. The average Bonchev–Trinajstić information content (AvgIpc) is 3.50. The molecule has 0 radical (unpaired) electrons. The minimum absolute atomic E-state index is 0.217. The van der Waals surface area contributed by atoms with Crippen LogP contribution >= 0.6 is 0 Å². The quantitative estimate of drug-likeness (QED) is 0.186. The maximum absolute atomic E-state index is 14.5. The van der Waals surface area contributed by atoms with Crippen LogP contribution in [0.25, 0.3) is 22.3 Å². The Labute approximate surface area is 289 Å². The third-order valence-electron chi connectivity index (χ3n) is 10.4. The highest BCUT2D eigenvalue weighted by molar-refractivity contribution is 7.92. The fourth-order valence-corrected chi connectivity index (χ4v) is 12.3. The third-order valence-corrected chi connectivity index (χ3v) is 14.5. The molecule has 49 heavy (non-hydrogen) atoms. The van der Waals surface area contributed by atoms with Gasteiger partial charge < -0.3 is 0 Å². The van der Waals surface area contributed by atoms with Gasteiger partial charge in [0.25, 0.3) is 0 Å². The van der Waals surface area contributed by atoms with Crippen LogP contribution in [-0.2, 0) is 25.1 Å². The second-order valence-electron chi connectivity index (χ2n) is 13.7. The highest BCUT2D eigenvalue weighted by atomic mass is 32.2. The molecule has 0 aromatic heterocycles. The molecule has 0 atom stereocenters. The Balaban J connectivity index is 1.45. The zero-order valence-electron chi connectivity index (χ0n) is 28.3. The molecule has 0 bridgehead atoms. The lowest BCUT2D eigenvalue weighted by Gasteiger charge is -2.31. The molecule has 2 aliphatic rings. The van der Waals surface area contributed by atoms with Crippen LogP contribution in [0.3, 0.4) is 0 Å². The first-order chi connectivity index (χ1) is 23.3. The molecule has 1 spiro atoms. The first kappa shape index (κ1) is 31.5. The lowest BCUT2D eigenvalue weighted by Crippen LogP contribution is -2.26. The van der Waals surface area contributed by atoms with Crippen molar-refractivity contribution in [3.05, 3.63) is 165 Å². The number of rotatable bonds is 4. The molecule has 6 heteroatoms. The fraction of sp³-hybridized carbons (Fsp3) is 0.163. The Morgan fingerprint density at radius 2 is 0.714 bits per heavy atom. The molecular weight excluding hydrogens is 645 g/mol. The van der Waals surface area contributed by atoms with Gasteiger partial charge in [-0.3, -0.25) is 0 Å². The van der Waals surface area contributed by atoms with E-state index in [9.17, 15) is 16.8 Å². The van der Waals surface area contributed by atoms with Crippen molar-refractivity contribution in [3.63, 3.8) is 0 Å². The summed E-state index contributed by atoms with van der Waals surface area (Å²) < 4.78 is 58.0. The van der Waals surface area contributed by atoms with Gasteiger partial charge in [0.15, 0.2) is 0 Å². The van der Waals surface area contributed by atoms with Gasteiger partial charge in [-0.1, -0.05) is 96.1 Å². The highest BCUT2D eigenvalue weighted by Gasteiger charge is 2.52. The number of hydrogen-bond acceptors (Lipinski definition) is 4. The Morgan fingerprint density at radius 3 is 1.08 bits per heavy atom. The third kappa shape index (κ3) is 4.26. The van der Waals surface area contributed by atoms with Crippen LogP contribution in [0.15, 0.2) is 129 Å². The van der Waals surface area contributed by atoms with E-state index >= 15 is 0 Å². The summed E-state index contributed by atoms with van der Waals surface area (Å²) in [6.45, 7) is 11.3. The Hall–Kier alpha value is -4.78. The average molecular weight is 681 g/mol. The van der Waals surface area contributed by atoms with Crippen LogP contribution in [0.5, 0.6) is 0 Å². The monoisotopic (exact) mass is 680 g/mol. The molecule has 0 fully saturated rings. The van der Waals surface area contributed by atoms with Gasteiger partial charge in [-0.15, -0.1) is 0 Å². The molecule has 8 rings (SSSR count). The standard InChI is InChI=1S/C43H36O4S2/c1-25-19-27(3)41(28(4)20-25)48(44,45)31-15-17-35-36-18-16-32(49(46,47)42-29(5)21-26(2)22-30(42)6)24-40(36)43(39(35)23-31)37-13-9-7-11-33(37)34-12-8-10-14-38(34)43/h7-24H,1-6H3. The fourth-order valence-electron chi connectivity index (χ4n) is 8.85. The summed E-state index contributed by atoms with van der Waals surface area (Å²) in [5, 5.41) is 0. The minimum Gasteiger partial charge on any atom is -0.218 e. The Bertz CT molecular complexity index is 2420. The van der Waals surface area contributed by atoms with Crippen LogP contribution in [0.2, 0.25) is 0 Å². The van der Waals surface area contributed by atoms with Gasteiger partial charge in [-0.2, -0.15) is 0 Å². The smallest absolute Gasteiger partial charge is 0.207 e. The van der Waals surface area contributed by atoms with E-state index < -0.39 is 25.1 Å². The van der Waals surface area contributed by atoms with Crippen molar-refractivity contribution in [1.82, 2.24) is 0 Å². The summed E-state index contributed by atoms with van der Waals surface area (Å²) in [5.74, 6) is 0. The van der Waals surface area contributed by atoms with Crippen LogP contribution in [-0.4, -0.2) is 16.8 Å². The molecular formula is C43H36O4S2. The van der Waals surface area contributed by atoms with Crippen molar-refractivity contribution in [2.24, 2.45) is 0 Å². The molecule has 2 aliphatic carbocycles. The summed E-state index contributed by atoms with van der Waals surface area (Å²) in [5.41, 5.74) is 11.5. The van der Waals surface area contributed by atoms with E-state index in [4.69, 9.17) is 0 Å². The predicted molar refractivity (Wildman–Crippen MR) is 195 cm³/mol. The molecule has 0 aliphatic heterocycles. The molecule has 0 heterocycles. The summed E-state index contributed by atoms with van der Waals surface area (Å²) >= 11 is 0. The summed E-state index contributed by atoms with van der Waals surface area (Å²) in [4.78, 5) is 1.09. The maximum Gasteiger partial charge on any atom is 0.207 e. The molecule has 0 N–H and O–H groups in total. The SMILES string of the molecule is Cc1cc(C)c(S(=O)(=O)c2ccc3c(c2)C2(c4ccccc4-c4ccccc42)c2cc(S(=O)(=O)c4c(C)cc(C)cc4C)ccc2-3)c(C)c1. The van der Waals surface area contributed by atoms with Gasteiger partial charge in [-0.05, 0) is 133 Å². The molecule has 6 aromatic rings. The summed E-state index contributed by atoms with van der Waals surface area (Å²) in [7, 11) is -7.81. The molecule has 4 nitrogen and oxygen atoms in total. The van der Waals surface area contributed by atoms with Crippen molar-refractivity contribution in [1.29, 1.82) is 0 Å². The van der Waals surface area contributed by atoms with E-state index in [1.54, 1.807) is 12.1 Å². The highest BCUT2D eigenvalue weighted by Crippen LogP contribution is 2.63. The first-order valence-corrected chi connectivity index (χ1v) is 19.4. The van der Waals surface area contributed by atoms with Gasteiger partial charge >= 0.3 is 0 Å². The van der Waals surface area contributed by atoms with Crippen molar-refractivity contribution in [2.75, 3.05) is 0 Å². The summed E-state index contributed by atoms with van der Waals surface area (Å²) in [6.07, 6.45) is 0. The van der Waals surface area contributed by atoms with Gasteiger partial charge in [-0.25, -0.2) is 16.8 Å². The normalized spacial score (nSPS) is 14.0. The lowest BCUT2D eigenvalue weighted by molar-refractivity contribution is 0.593. The molecule has 6 aromatic carbocycles. The van der Waals surface area contributed by atoms with E-state index in [0.717, 1.165) is 55.6 Å². The number of aryl methyl sites for hydroxylation is 6. The molecule has 0 amide bonds. The van der Waals surface area contributed by atoms with Gasteiger partial charge in [0.2, 0.25) is 19.7 Å². The van der Waals surface area contributed by atoms with E-state index in [2.05, 4.69) is 24.3 Å². The van der Waals surface area contributed by atoms with Crippen LogP contribution < -0.4 is 0 Å². The first-order valence-electron chi connectivity index (χ1n) is 16.4. The maximum atomic E-state index is 14.5. The van der Waals surface area contributed by atoms with Crippen molar-refractivity contribution >= 4 is 19.7 Å². The van der Waals surface area contributed by atoms with Gasteiger partial charge in [0, 0.05) is 0 Å². The molecule has 0 saturated heterocycles. The summed E-state index contributed by atoms with van der Waals surface area (Å²) in [6, 6.07) is 34.9. The zero-order chi connectivity index (χ0) is 34.6. The Morgan fingerprint density at radius 1 is 0.388 bits per heavy atom. The van der Waals surface area contributed by atoms with Crippen molar-refractivity contribution in [2.45, 2.75) is 66.5 Å². The second-order valence-corrected chi connectivity index (χ2v) is 17.5. The van der Waals surface area contributed by atoms with E-state index in [0.29, 0.717) is 32.0 Å². The topological polar surface area (TPSA) is 68.3 Å². The van der Waals surface area contributed by atoms with E-state index in [1.807, 2.05) is 114 Å². The van der Waals surface area contributed by atoms with Gasteiger partial charge in [0.1, 0.15) is 0 Å². The van der Waals surface area contributed by atoms with E-state index in [1.165, 1.54) is 0 Å². The number of fused-ring (bicyclic) bond motifs is 10. The molecule has 244 valence electrons. The largest absolute Gasteiger partial charge is 0.218 e. The number of hydrogen-bond donors (Lipinski definition) is 0. The second kappa shape index (κ2) is 10.6. The van der Waals surface area contributed by atoms with Crippen molar-refractivity contribution < 1.29 is 16.8 Å². The van der Waals surface area contributed by atoms with Crippen molar-refractivity contribution in [3.8, 4) is 22.3 Å². The number of sulfone groups is 2. The van der Waals surface area contributed by atoms with Crippen LogP contribution in [0, 0.1) is 41.5 Å². The number of benzene rings is 6. The van der Waals surface area contributed by atoms with E-state index in [-0.39, 0.29) is 9.79 Å². The van der Waals surface area contributed by atoms with Crippen LogP contribution in [0.4, 0.5) is 0 Å². The molecule has 0 unspecified atom stereocenters. The van der Waals surface area contributed by atoms with Gasteiger partial charge in [0.05, 0.1) is 25.0 Å². The predicted octanol–water partition coefficient (Wildman–Crippen LogP) is 9.55. The minimum atomic E-state index is -3.90. The Kier molecular flexibility index (Phi) is 6.82. The lowest BCUT2D eigenvalue weighted by atomic mass is 9.70.